The second kappa shape index (κ2) is 7.64. The third-order valence-corrected chi connectivity index (χ3v) is 3.55. The molecule has 6 nitrogen and oxygen atoms in total. The first kappa shape index (κ1) is 15.3. The second-order valence-corrected chi connectivity index (χ2v) is 5.17. The smallest absolute Gasteiger partial charge is 0.321 e. The van der Waals surface area contributed by atoms with Gasteiger partial charge in [0, 0.05) is 44.8 Å². The van der Waals surface area contributed by atoms with Gasteiger partial charge in [-0.1, -0.05) is 18.2 Å². The van der Waals surface area contributed by atoms with Crippen LogP contribution in [-0.4, -0.2) is 49.6 Å². The van der Waals surface area contributed by atoms with Crippen molar-refractivity contribution in [1.29, 1.82) is 0 Å². The van der Waals surface area contributed by atoms with E-state index in [1.807, 2.05) is 18.2 Å². The van der Waals surface area contributed by atoms with Crippen LogP contribution >= 0.6 is 0 Å². The molecule has 21 heavy (non-hydrogen) atoms. The standard InChI is InChI=1S/C15H22N4O2/c1-16-15(21)18-14(20)8-10-19-9-7-13(11-19)17-12-5-3-2-4-6-12/h2-6,13,17H,7-11H2,1H3,(H2,16,18,20,21)/t13-/m0/s1. The van der Waals surface area contributed by atoms with Crippen LogP contribution in [0.1, 0.15) is 12.8 Å². The van der Waals surface area contributed by atoms with Crippen molar-refractivity contribution in [2.45, 2.75) is 18.9 Å². The van der Waals surface area contributed by atoms with Gasteiger partial charge in [-0.15, -0.1) is 0 Å². The van der Waals surface area contributed by atoms with E-state index in [0.717, 1.165) is 25.2 Å². The number of carbonyl (C=O) groups excluding carboxylic acids is 2. The summed E-state index contributed by atoms with van der Waals surface area (Å²) in [6.07, 6.45) is 1.40. The molecule has 0 spiro atoms. The zero-order valence-electron chi connectivity index (χ0n) is 12.3. The lowest BCUT2D eigenvalue weighted by Gasteiger charge is -2.17. The summed E-state index contributed by atoms with van der Waals surface area (Å²) in [6.45, 7) is 2.57. The van der Waals surface area contributed by atoms with E-state index in [0.29, 0.717) is 19.0 Å². The molecule has 114 valence electrons. The number of benzene rings is 1. The first-order chi connectivity index (χ1) is 10.2. The van der Waals surface area contributed by atoms with Crippen LogP contribution in [0.3, 0.4) is 0 Å². The molecule has 0 saturated carbocycles. The molecule has 0 radical (unpaired) electrons. The van der Waals surface area contributed by atoms with E-state index in [-0.39, 0.29) is 5.91 Å². The van der Waals surface area contributed by atoms with Gasteiger partial charge in [-0.25, -0.2) is 4.79 Å². The van der Waals surface area contributed by atoms with Gasteiger partial charge >= 0.3 is 6.03 Å². The van der Waals surface area contributed by atoms with Gasteiger partial charge in [-0.3, -0.25) is 10.1 Å². The average Bonchev–Trinajstić information content (AvgIpc) is 2.93. The third-order valence-electron chi connectivity index (χ3n) is 3.55. The number of likely N-dealkylation sites (tertiary alicyclic amines) is 1. The molecule has 1 aliphatic heterocycles. The molecule has 6 heteroatoms. The molecule has 3 N–H and O–H groups in total. The molecule has 1 saturated heterocycles. The zero-order valence-corrected chi connectivity index (χ0v) is 12.3. The quantitative estimate of drug-likeness (QED) is 0.757. The Morgan fingerprint density at radius 2 is 2.05 bits per heavy atom. The predicted octanol–water partition coefficient (Wildman–Crippen LogP) is 1.02. The molecule has 1 fully saturated rings. The molecule has 0 aliphatic carbocycles. The third kappa shape index (κ3) is 5.07. The van der Waals surface area contributed by atoms with Crippen LogP contribution in [0.15, 0.2) is 30.3 Å². The van der Waals surface area contributed by atoms with E-state index in [4.69, 9.17) is 0 Å². The Morgan fingerprint density at radius 3 is 2.76 bits per heavy atom. The lowest BCUT2D eigenvalue weighted by atomic mass is 10.2. The Bertz CT molecular complexity index is 478. The number of nitrogens with zero attached hydrogens (tertiary/aromatic N) is 1. The van der Waals surface area contributed by atoms with Crippen molar-refractivity contribution in [2.24, 2.45) is 0 Å². The summed E-state index contributed by atoms with van der Waals surface area (Å²) in [5.41, 5.74) is 1.13. The fourth-order valence-electron chi connectivity index (χ4n) is 2.43. The molecule has 1 atom stereocenters. The Labute approximate surface area is 124 Å². The molecule has 0 bridgehead atoms. The maximum absolute atomic E-state index is 11.5. The van der Waals surface area contributed by atoms with Crippen LogP contribution in [0, 0.1) is 0 Å². The largest absolute Gasteiger partial charge is 0.381 e. The van der Waals surface area contributed by atoms with Crippen LogP contribution in [0.2, 0.25) is 0 Å². The summed E-state index contributed by atoms with van der Waals surface area (Å²) < 4.78 is 0. The van der Waals surface area contributed by atoms with E-state index < -0.39 is 6.03 Å². The fourth-order valence-corrected chi connectivity index (χ4v) is 2.43. The average molecular weight is 290 g/mol. The number of imide groups is 1. The van der Waals surface area contributed by atoms with E-state index in [1.165, 1.54) is 7.05 Å². The molecule has 2 rings (SSSR count). The van der Waals surface area contributed by atoms with Crippen LogP contribution < -0.4 is 16.0 Å². The minimum atomic E-state index is -0.454. The summed E-state index contributed by atoms with van der Waals surface area (Å²) in [5, 5.41) is 8.13. The van der Waals surface area contributed by atoms with Gasteiger partial charge in [0.05, 0.1) is 0 Å². The molecular formula is C15H22N4O2. The summed E-state index contributed by atoms with van der Waals surface area (Å²) in [6, 6.07) is 10.1. The Kier molecular flexibility index (Phi) is 5.57. The molecule has 1 aliphatic rings. The minimum Gasteiger partial charge on any atom is -0.381 e. The maximum Gasteiger partial charge on any atom is 0.321 e. The van der Waals surface area contributed by atoms with Gasteiger partial charge in [0.15, 0.2) is 0 Å². The number of hydrogen-bond acceptors (Lipinski definition) is 4. The Balaban J connectivity index is 1.68. The number of rotatable bonds is 5. The summed E-state index contributed by atoms with van der Waals surface area (Å²) >= 11 is 0. The summed E-state index contributed by atoms with van der Waals surface area (Å²) in [4.78, 5) is 24.8. The van der Waals surface area contributed by atoms with Crippen molar-refractivity contribution in [3.63, 3.8) is 0 Å². The molecular weight excluding hydrogens is 268 g/mol. The highest BCUT2D eigenvalue weighted by molar-refractivity contribution is 5.94. The molecule has 1 aromatic carbocycles. The highest BCUT2D eigenvalue weighted by atomic mass is 16.2. The second-order valence-electron chi connectivity index (χ2n) is 5.17. The summed E-state index contributed by atoms with van der Waals surface area (Å²) in [7, 11) is 1.49. The van der Waals surface area contributed by atoms with E-state index in [2.05, 4.69) is 33.0 Å². The SMILES string of the molecule is CNC(=O)NC(=O)CCN1CC[C@H](Nc2ccccc2)C1. The topological polar surface area (TPSA) is 73.5 Å². The zero-order chi connectivity index (χ0) is 15.1. The number of nitrogens with one attached hydrogen (secondary N) is 3. The number of amides is 3. The van der Waals surface area contributed by atoms with Crippen LogP contribution in [0.25, 0.3) is 0 Å². The first-order valence-electron chi connectivity index (χ1n) is 7.23. The van der Waals surface area contributed by atoms with Crippen molar-refractivity contribution < 1.29 is 9.59 Å². The number of carbonyl (C=O) groups is 2. The molecule has 3 amide bonds. The minimum absolute atomic E-state index is 0.242. The maximum atomic E-state index is 11.5. The Hall–Kier alpha value is -2.08. The van der Waals surface area contributed by atoms with Gasteiger partial charge in [-0.05, 0) is 18.6 Å². The van der Waals surface area contributed by atoms with Crippen molar-refractivity contribution in [1.82, 2.24) is 15.5 Å². The van der Waals surface area contributed by atoms with Crippen molar-refractivity contribution in [3.05, 3.63) is 30.3 Å². The highest BCUT2D eigenvalue weighted by Crippen LogP contribution is 2.15. The number of hydrogen-bond donors (Lipinski definition) is 3. The van der Waals surface area contributed by atoms with Crippen LogP contribution in [-0.2, 0) is 4.79 Å². The van der Waals surface area contributed by atoms with Gasteiger partial charge in [0.2, 0.25) is 5.91 Å². The van der Waals surface area contributed by atoms with Gasteiger partial charge in [0.1, 0.15) is 0 Å². The van der Waals surface area contributed by atoms with Crippen LogP contribution in [0.5, 0.6) is 0 Å². The highest BCUT2D eigenvalue weighted by Gasteiger charge is 2.22. The van der Waals surface area contributed by atoms with Crippen molar-refractivity contribution in [2.75, 3.05) is 32.0 Å². The molecule has 0 unspecified atom stereocenters. The fraction of sp³-hybridized carbons (Fsp3) is 0.467. The first-order valence-corrected chi connectivity index (χ1v) is 7.23. The normalized spacial score (nSPS) is 18.2. The van der Waals surface area contributed by atoms with E-state index in [1.54, 1.807) is 0 Å². The van der Waals surface area contributed by atoms with Crippen LogP contribution in [0.4, 0.5) is 10.5 Å². The number of anilines is 1. The van der Waals surface area contributed by atoms with Gasteiger partial charge in [0.25, 0.3) is 0 Å². The van der Waals surface area contributed by atoms with Crippen molar-refractivity contribution >= 4 is 17.6 Å². The molecule has 1 heterocycles. The van der Waals surface area contributed by atoms with E-state index in [9.17, 15) is 9.59 Å². The monoisotopic (exact) mass is 290 g/mol. The molecule has 0 aromatic heterocycles. The Morgan fingerprint density at radius 1 is 1.29 bits per heavy atom. The predicted molar refractivity (Wildman–Crippen MR) is 82.1 cm³/mol. The van der Waals surface area contributed by atoms with Gasteiger partial charge in [-0.2, -0.15) is 0 Å². The number of urea groups is 1. The summed E-state index contributed by atoms with van der Waals surface area (Å²) in [5.74, 6) is -0.242. The van der Waals surface area contributed by atoms with Gasteiger partial charge < -0.3 is 15.5 Å². The lowest BCUT2D eigenvalue weighted by Crippen LogP contribution is -2.39. The van der Waals surface area contributed by atoms with Crippen molar-refractivity contribution in [3.8, 4) is 0 Å². The lowest BCUT2D eigenvalue weighted by molar-refractivity contribution is -0.120. The number of para-hydroxylation sites is 1. The van der Waals surface area contributed by atoms with E-state index >= 15 is 0 Å². The molecule has 1 aromatic rings.